The van der Waals surface area contributed by atoms with E-state index in [9.17, 15) is 4.39 Å². The molecule has 0 unspecified atom stereocenters. The maximum Gasteiger partial charge on any atom is 0.141 e. The molecule has 4 rings (SSSR count). The van der Waals surface area contributed by atoms with Gasteiger partial charge in [0.15, 0.2) is 0 Å². The van der Waals surface area contributed by atoms with E-state index >= 15 is 0 Å². The lowest BCUT2D eigenvalue weighted by molar-refractivity contribution is 0.530. The largest absolute Gasteiger partial charge is 0.344 e. The van der Waals surface area contributed by atoms with Gasteiger partial charge in [-0.05, 0) is 44.2 Å². The van der Waals surface area contributed by atoms with Gasteiger partial charge in [-0.2, -0.15) is 0 Å². The van der Waals surface area contributed by atoms with Crippen LogP contribution in [0.25, 0.3) is 33.5 Å². The molecule has 0 aliphatic heterocycles. The summed E-state index contributed by atoms with van der Waals surface area (Å²) in [5, 5.41) is 8.47. The third-order valence-electron chi connectivity index (χ3n) is 4.08. The summed E-state index contributed by atoms with van der Waals surface area (Å²) in [4.78, 5) is 7.55. The van der Waals surface area contributed by atoms with Crippen molar-refractivity contribution < 1.29 is 4.39 Å². The van der Waals surface area contributed by atoms with Crippen LogP contribution in [0.3, 0.4) is 0 Å². The molecule has 4 aromatic rings. The molecule has 7 heteroatoms. The number of nitrogens with zero attached hydrogens (tertiary/aromatic N) is 4. The zero-order valence-electron chi connectivity index (χ0n) is 13.7. The quantitative estimate of drug-likeness (QED) is 0.570. The van der Waals surface area contributed by atoms with Gasteiger partial charge in [0.1, 0.15) is 11.3 Å². The van der Waals surface area contributed by atoms with E-state index in [0.29, 0.717) is 5.69 Å². The Kier molecular flexibility index (Phi) is 3.77. The summed E-state index contributed by atoms with van der Waals surface area (Å²) in [6.45, 7) is 4.12. The van der Waals surface area contributed by atoms with Crippen molar-refractivity contribution in [3.63, 3.8) is 0 Å². The third kappa shape index (κ3) is 2.68. The minimum Gasteiger partial charge on any atom is -0.344 e. The summed E-state index contributed by atoms with van der Waals surface area (Å²) in [6.07, 6.45) is 1.62. The molecule has 0 amide bonds. The van der Waals surface area contributed by atoms with Crippen molar-refractivity contribution >= 4 is 22.6 Å². The summed E-state index contributed by atoms with van der Waals surface area (Å²) in [7, 11) is 0. The summed E-state index contributed by atoms with van der Waals surface area (Å²) in [6, 6.07) is 10.7. The Morgan fingerprint density at radius 3 is 2.68 bits per heavy atom. The molecule has 126 valence electrons. The average Bonchev–Trinajstić information content (AvgIpc) is 3.23. The number of hydrogen-bond acceptors (Lipinski definition) is 3. The molecule has 0 radical (unpaired) electrons. The van der Waals surface area contributed by atoms with E-state index in [1.807, 2.05) is 22.9 Å². The number of hydrogen-bond donors (Lipinski definition) is 1. The van der Waals surface area contributed by atoms with Crippen LogP contribution in [0.5, 0.6) is 0 Å². The predicted octanol–water partition coefficient (Wildman–Crippen LogP) is 4.86. The van der Waals surface area contributed by atoms with Crippen molar-refractivity contribution in [1.29, 1.82) is 0 Å². The first-order valence-corrected chi connectivity index (χ1v) is 8.26. The third-order valence-corrected chi connectivity index (χ3v) is 4.37. The lowest BCUT2D eigenvalue weighted by Crippen LogP contribution is -2.02. The predicted molar refractivity (Wildman–Crippen MR) is 95.9 cm³/mol. The number of benzene rings is 2. The summed E-state index contributed by atoms with van der Waals surface area (Å²) in [5.74, 6) is -0.448. The SMILES string of the molecule is CC(C)n1nnc2ccc(-c3[nH]cnc3-c3ccc(F)c(Cl)c3)cc21. The minimum absolute atomic E-state index is 0.0731. The molecular formula is C18H15ClFN5. The van der Waals surface area contributed by atoms with E-state index in [4.69, 9.17) is 11.6 Å². The molecule has 2 aromatic carbocycles. The number of nitrogens with one attached hydrogen (secondary N) is 1. The highest BCUT2D eigenvalue weighted by molar-refractivity contribution is 6.31. The number of halogens is 2. The first kappa shape index (κ1) is 15.8. The van der Waals surface area contributed by atoms with Gasteiger partial charge in [-0.25, -0.2) is 14.1 Å². The zero-order chi connectivity index (χ0) is 17.6. The van der Waals surface area contributed by atoms with E-state index in [-0.39, 0.29) is 11.1 Å². The summed E-state index contributed by atoms with van der Waals surface area (Å²) < 4.78 is 15.3. The molecule has 5 nitrogen and oxygen atoms in total. The highest BCUT2D eigenvalue weighted by atomic mass is 35.5. The molecule has 0 aliphatic carbocycles. The molecular weight excluding hydrogens is 341 g/mol. The standard InChI is InChI=1S/C18H15ClFN5/c1-10(2)25-16-8-12(4-6-15(16)23-24-25)18-17(21-9-22-18)11-3-5-14(20)13(19)7-11/h3-10H,1-2H3,(H,21,22). The number of imidazole rings is 1. The maximum atomic E-state index is 13.4. The van der Waals surface area contributed by atoms with Gasteiger partial charge in [0.25, 0.3) is 0 Å². The number of aromatic amines is 1. The van der Waals surface area contributed by atoms with Crippen LogP contribution in [-0.2, 0) is 0 Å². The molecule has 2 aromatic heterocycles. The second kappa shape index (κ2) is 5.97. The molecule has 0 atom stereocenters. The molecule has 25 heavy (non-hydrogen) atoms. The summed E-state index contributed by atoms with van der Waals surface area (Å²) >= 11 is 5.92. The fourth-order valence-corrected chi connectivity index (χ4v) is 3.03. The van der Waals surface area contributed by atoms with Gasteiger partial charge in [0.2, 0.25) is 0 Å². The van der Waals surface area contributed by atoms with Crippen LogP contribution in [0.1, 0.15) is 19.9 Å². The van der Waals surface area contributed by atoms with Crippen LogP contribution in [0.4, 0.5) is 4.39 Å². The Labute approximate surface area is 148 Å². The van der Waals surface area contributed by atoms with Gasteiger partial charge >= 0.3 is 0 Å². The van der Waals surface area contributed by atoms with Crippen molar-refractivity contribution in [3.05, 3.63) is 53.6 Å². The van der Waals surface area contributed by atoms with Gasteiger partial charge in [0.05, 0.1) is 28.3 Å². The second-order valence-corrected chi connectivity index (χ2v) is 6.49. The molecule has 2 heterocycles. The van der Waals surface area contributed by atoms with Crippen molar-refractivity contribution in [2.24, 2.45) is 0 Å². The smallest absolute Gasteiger partial charge is 0.141 e. The van der Waals surface area contributed by atoms with Crippen LogP contribution >= 0.6 is 11.6 Å². The Hall–Kier alpha value is -2.73. The van der Waals surface area contributed by atoms with Crippen molar-refractivity contribution in [2.75, 3.05) is 0 Å². The Bertz CT molecular complexity index is 1070. The minimum atomic E-state index is -0.448. The van der Waals surface area contributed by atoms with E-state index in [1.54, 1.807) is 18.5 Å². The number of rotatable bonds is 3. The van der Waals surface area contributed by atoms with Crippen molar-refractivity contribution in [2.45, 2.75) is 19.9 Å². The molecule has 1 N–H and O–H groups in total. The first-order valence-electron chi connectivity index (χ1n) is 7.88. The molecule has 0 aliphatic rings. The highest BCUT2D eigenvalue weighted by Gasteiger charge is 2.15. The Balaban J connectivity index is 1.86. The maximum absolute atomic E-state index is 13.4. The highest BCUT2D eigenvalue weighted by Crippen LogP contribution is 2.32. The van der Waals surface area contributed by atoms with Crippen molar-refractivity contribution in [3.8, 4) is 22.5 Å². The monoisotopic (exact) mass is 355 g/mol. The Morgan fingerprint density at radius 2 is 1.92 bits per heavy atom. The normalized spacial score (nSPS) is 11.6. The van der Waals surface area contributed by atoms with Gasteiger partial charge < -0.3 is 4.98 Å². The van der Waals surface area contributed by atoms with Gasteiger partial charge in [-0.1, -0.05) is 22.9 Å². The molecule has 0 spiro atoms. The van der Waals surface area contributed by atoms with Crippen molar-refractivity contribution in [1.82, 2.24) is 25.0 Å². The van der Waals surface area contributed by atoms with E-state index in [1.165, 1.54) is 6.07 Å². The van der Waals surface area contributed by atoms with Crippen LogP contribution < -0.4 is 0 Å². The van der Waals surface area contributed by atoms with Gasteiger partial charge in [-0.15, -0.1) is 5.10 Å². The second-order valence-electron chi connectivity index (χ2n) is 6.09. The zero-order valence-corrected chi connectivity index (χ0v) is 14.4. The lowest BCUT2D eigenvalue weighted by atomic mass is 10.0. The van der Waals surface area contributed by atoms with Crippen LogP contribution in [-0.4, -0.2) is 25.0 Å². The molecule has 0 fully saturated rings. The van der Waals surface area contributed by atoms with E-state index in [0.717, 1.165) is 27.9 Å². The molecule has 0 bridgehead atoms. The van der Waals surface area contributed by atoms with Gasteiger partial charge in [-0.3, -0.25) is 0 Å². The number of fused-ring (bicyclic) bond motifs is 1. The lowest BCUT2D eigenvalue weighted by Gasteiger charge is -2.08. The topological polar surface area (TPSA) is 59.4 Å². The van der Waals surface area contributed by atoms with Gasteiger partial charge in [0, 0.05) is 17.2 Å². The van der Waals surface area contributed by atoms with Crippen LogP contribution in [0, 0.1) is 5.82 Å². The average molecular weight is 356 g/mol. The molecule has 0 saturated heterocycles. The van der Waals surface area contributed by atoms with Crippen LogP contribution in [0.15, 0.2) is 42.7 Å². The molecule has 0 saturated carbocycles. The van der Waals surface area contributed by atoms with E-state index in [2.05, 4.69) is 34.1 Å². The van der Waals surface area contributed by atoms with E-state index < -0.39 is 5.82 Å². The number of H-pyrrole nitrogens is 1. The first-order chi connectivity index (χ1) is 12.0. The fraction of sp³-hybridized carbons (Fsp3) is 0.167. The summed E-state index contributed by atoms with van der Waals surface area (Å²) in [5.41, 5.74) is 5.03. The fourth-order valence-electron chi connectivity index (χ4n) is 2.85. The number of aromatic nitrogens is 5. The van der Waals surface area contributed by atoms with Crippen LogP contribution in [0.2, 0.25) is 5.02 Å². The Morgan fingerprint density at radius 1 is 1.12 bits per heavy atom.